The summed E-state index contributed by atoms with van der Waals surface area (Å²) in [4.78, 5) is 12.0. The Kier molecular flexibility index (Phi) is 6.23. The van der Waals surface area contributed by atoms with Crippen molar-refractivity contribution in [3.8, 4) is 5.75 Å². The van der Waals surface area contributed by atoms with Crippen molar-refractivity contribution in [1.29, 1.82) is 0 Å². The molecule has 0 saturated heterocycles. The first-order valence-corrected chi connectivity index (χ1v) is 8.23. The zero-order valence-corrected chi connectivity index (χ0v) is 14.6. The van der Waals surface area contributed by atoms with E-state index < -0.39 is 0 Å². The second kappa shape index (κ2) is 8.38. The molecule has 130 valence electrons. The first-order valence-electron chi connectivity index (χ1n) is 8.23. The van der Waals surface area contributed by atoms with E-state index in [0.717, 1.165) is 23.4 Å². The van der Waals surface area contributed by atoms with Crippen LogP contribution in [0.4, 0.5) is 4.79 Å². The molecule has 0 fully saturated rings. The van der Waals surface area contributed by atoms with Crippen molar-refractivity contribution in [2.24, 2.45) is 0 Å². The summed E-state index contributed by atoms with van der Waals surface area (Å²) in [7, 11) is 0. The molecule has 1 aromatic heterocycles. The van der Waals surface area contributed by atoms with E-state index in [4.69, 9.17) is 9.26 Å². The largest absolute Gasteiger partial charge is 0.491 e. The van der Waals surface area contributed by atoms with E-state index in [9.17, 15) is 4.79 Å². The van der Waals surface area contributed by atoms with Gasteiger partial charge in [0.1, 0.15) is 5.75 Å². The number of hydrogen-bond acceptors (Lipinski definition) is 4. The molecular formula is C18H25N3O3. The van der Waals surface area contributed by atoms with Gasteiger partial charge in [-0.1, -0.05) is 24.2 Å². The van der Waals surface area contributed by atoms with Gasteiger partial charge in [-0.2, -0.15) is 0 Å². The molecule has 0 saturated carbocycles. The molecule has 1 heterocycles. The van der Waals surface area contributed by atoms with E-state index in [1.807, 2.05) is 58.0 Å². The van der Waals surface area contributed by atoms with E-state index in [2.05, 4.69) is 15.8 Å². The zero-order valence-electron chi connectivity index (χ0n) is 14.6. The summed E-state index contributed by atoms with van der Waals surface area (Å²) in [5.41, 5.74) is 1.86. The lowest BCUT2D eigenvalue weighted by molar-refractivity contribution is 0.235. The summed E-state index contributed by atoms with van der Waals surface area (Å²) >= 11 is 0. The number of urea groups is 1. The molecule has 2 N–H and O–H groups in total. The minimum Gasteiger partial charge on any atom is -0.491 e. The minimum absolute atomic E-state index is 0.113. The second-order valence-electron chi connectivity index (χ2n) is 5.93. The van der Waals surface area contributed by atoms with Crippen molar-refractivity contribution >= 4 is 6.03 Å². The molecule has 2 amide bonds. The number of rotatable bonds is 7. The highest BCUT2D eigenvalue weighted by Gasteiger charge is 2.11. The van der Waals surface area contributed by atoms with Gasteiger partial charge < -0.3 is 19.9 Å². The molecule has 0 aliphatic heterocycles. The van der Waals surface area contributed by atoms with Crippen LogP contribution in [0.5, 0.6) is 5.75 Å². The first-order chi connectivity index (χ1) is 11.5. The number of aromatic nitrogens is 1. The van der Waals surface area contributed by atoms with Crippen LogP contribution in [0.25, 0.3) is 0 Å². The van der Waals surface area contributed by atoms with Crippen LogP contribution in [-0.2, 0) is 13.0 Å². The van der Waals surface area contributed by atoms with E-state index in [1.165, 1.54) is 0 Å². The molecule has 24 heavy (non-hydrogen) atoms. The summed E-state index contributed by atoms with van der Waals surface area (Å²) in [6.45, 7) is 8.20. The molecule has 0 radical (unpaired) electrons. The maximum atomic E-state index is 12.0. The molecule has 0 unspecified atom stereocenters. The van der Waals surface area contributed by atoms with E-state index in [1.54, 1.807) is 0 Å². The zero-order chi connectivity index (χ0) is 17.5. The Morgan fingerprint density at radius 3 is 2.75 bits per heavy atom. The van der Waals surface area contributed by atoms with Gasteiger partial charge in [-0.25, -0.2) is 4.79 Å². The number of nitrogens with zero attached hydrogens (tertiary/aromatic N) is 1. The van der Waals surface area contributed by atoms with Gasteiger partial charge in [-0.05, 0) is 44.9 Å². The van der Waals surface area contributed by atoms with Crippen LogP contribution in [0.1, 0.15) is 50.8 Å². The van der Waals surface area contributed by atoms with Gasteiger partial charge in [0.15, 0.2) is 5.76 Å². The molecule has 6 nitrogen and oxygen atoms in total. The van der Waals surface area contributed by atoms with Crippen molar-refractivity contribution in [2.75, 3.05) is 0 Å². The Balaban J connectivity index is 1.86. The van der Waals surface area contributed by atoms with Crippen molar-refractivity contribution in [1.82, 2.24) is 15.8 Å². The molecule has 2 rings (SSSR count). The molecule has 0 aliphatic rings. The molecule has 2 aromatic rings. The number of carbonyl (C=O) groups is 1. The van der Waals surface area contributed by atoms with Crippen LogP contribution in [0.3, 0.4) is 0 Å². The highest BCUT2D eigenvalue weighted by molar-refractivity contribution is 5.74. The van der Waals surface area contributed by atoms with Gasteiger partial charge in [0.05, 0.1) is 24.4 Å². The summed E-state index contributed by atoms with van der Waals surface area (Å²) in [6, 6.07) is 9.18. The van der Waals surface area contributed by atoms with Crippen LogP contribution in [-0.4, -0.2) is 17.3 Å². The summed E-state index contributed by atoms with van der Waals surface area (Å²) < 4.78 is 10.8. The number of benzene rings is 1. The highest BCUT2D eigenvalue weighted by Crippen LogP contribution is 2.20. The number of ether oxygens (including phenoxy) is 1. The predicted molar refractivity (Wildman–Crippen MR) is 91.9 cm³/mol. The maximum absolute atomic E-state index is 12.0. The standard InChI is InChI=1S/C18H25N3O3/c1-5-15-10-17(24-21-15)11-19-18(22)20-13(4)14-7-6-8-16(9-14)23-12(2)3/h6-10,12-13H,5,11H2,1-4H3,(H2,19,20,22)/t13-/m1/s1. The van der Waals surface area contributed by atoms with Gasteiger partial charge in [-0.3, -0.25) is 0 Å². The van der Waals surface area contributed by atoms with Crippen LogP contribution < -0.4 is 15.4 Å². The third kappa shape index (κ3) is 5.30. The van der Waals surface area contributed by atoms with Crippen LogP contribution >= 0.6 is 0 Å². The van der Waals surface area contributed by atoms with E-state index in [0.29, 0.717) is 12.3 Å². The van der Waals surface area contributed by atoms with Crippen molar-refractivity contribution < 1.29 is 14.1 Å². The Morgan fingerprint density at radius 2 is 2.08 bits per heavy atom. The normalized spacial score (nSPS) is 12.0. The first kappa shape index (κ1) is 17.8. The SMILES string of the molecule is CCc1cc(CNC(=O)N[C@H](C)c2cccc(OC(C)C)c2)on1. The third-order valence-corrected chi connectivity index (χ3v) is 3.47. The summed E-state index contributed by atoms with van der Waals surface area (Å²) in [6.07, 6.45) is 0.920. The monoisotopic (exact) mass is 331 g/mol. The maximum Gasteiger partial charge on any atom is 0.315 e. The lowest BCUT2D eigenvalue weighted by Crippen LogP contribution is -2.36. The Hall–Kier alpha value is -2.50. The lowest BCUT2D eigenvalue weighted by atomic mass is 10.1. The summed E-state index contributed by atoms with van der Waals surface area (Å²) in [5, 5.41) is 9.56. The van der Waals surface area contributed by atoms with Crippen molar-refractivity contribution in [2.45, 2.75) is 52.8 Å². The van der Waals surface area contributed by atoms with Crippen LogP contribution in [0.15, 0.2) is 34.9 Å². The fraction of sp³-hybridized carbons (Fsp3) is 0.444. The minimum atomic E-state index is -0.257. The number of carbonyl (C=O) groups excluding carboxylic acids is 1. The Labute approximate surface area is 142 Å². The van der Waals surface area contributed by atoms with Gasteiger partial charge >= 0.3 is 6.03 Å². The van der Waals surface area contributed by atoms with Crippen molar-refractivity contribution in [3.05, 3.63) is 47.3 Å². The van der Waals surface area contributed by atoms with E-state index in [-0.39, 0.29) is 18.2 Å². The average molecular weight is 331 g/mol. The molecule has 0 spiro atoms. The smallest absolute Gasteiger partial charge is 0.315 e. The fourth-order valence-corrected chi connectivity index (χ4v) is 2.23. The van der Waals surface area contributed by atoms with Crippen molar-refractivity contribution in [3.63, 3.8) is 0 Å². The van der Waals surface area contributed by atoms with Crippen LogP contribution in [0, 0.1) is 0 Å². The van der Waals surface area contributed by atoms with Gasteiger partial charge in [0.2, 0.25) is 0 Å². The number of aryl methyl sites for hydroxylation is 1. The topological polar surface area (TPSA) is 76.4 Å². The lowest BCUT2D eigenvalue weighted by Gasteiger charge is -2.16. The average Bonchev–Trinajstić information content (AvgIpc) is 3.00. The second-order valence-corrected chi connectivity index (χ2v) is 5.93. The molecule has 6 heteroatoms. The fourth-order valence-electron chi connectivity index (χ4n) is 2.23. The quantitative estimate of drug-likeness (QED) is 0.813. The number of nitrogens with one attached hydrogen (secondary N) is 2. The molecular weight excluding hydrogens is 306 g/mol. The summed E-state index contributed by atoms with van der Waals surface area (Å²) in [5.74, 6) is 1.44. The van der Waals surface area contributed by atoms with Gasteiger partial charge in [-0.15, -0.1) is 0 Å². The van der Waals surface area contributed by atoms with Gasteiger partial charge in [0.25, 0.3) is 0 Å². The highest BCUT2D eigenvalue weighted by atomic mass is 16.5. The predicted octanol–water partition coefficient (Wildman–Crippen LogP) is 3.58. The molecule has 1 aromatic carbocycles. The Morgan fingerprint density at radius 1 is 1.29 bits per heavy atom. The molecule has 0 bridgehead atoms. The third-order valence-electron chi connectivity index (χ3n) is 3.47. The van der Waals surface area contributed by atoms with E-state index >= 15 is 0 Å². The number of hydrogen-bond donors (Lipinski definition) is 2. The van der Waals surface area contributed by atoms with Crippen LogP contribution in [0.2, 0.25) is 0 Å². The molecule has 1 atom stereocenters. The van der Waals surface area contributed by atoms with Gasteiger partial charge in [0, 0.05) is 6.07 Å². The number of amides is 2. The Bertz CT molecular complexity index is 667. The molecule has 0 aliphatic carbocycles.